The van der Waals surface area contributed by atoms with Crippen LogP contribution in [0.15, 0.2) is 24.3 Å². The molecule has 0 saturated heterocycles. The first-order valence-electron chi connectivity index (χ1n) is 21.1. The maximum Gasteiger partial charge on any atom is 0.472 e. The topological polar surface area (TPSA) is 147 Å². The molecular formula is C41H80NO9P. The molecule has 0 rings (SSSR count). The summed E-state index contributed by atoms with van der Waals surface area (Å²) in [4.78, 5) is 27.0. The molecule has 0 radical (unpaired) electrons. The van der Waals surface area contributed by atoms with Gasteiger partial charge >= 0.3 is 13.8 Å². The van der Waals surface area contributed by atoms with Gasteiger partial charge < -0.3 is 20.1 Å². The molecular weight excluding hydrogens is 681 g/mol. The van der Waals surface area contributed by atoms with Crippen LogP contribution in [0.1, 0.15) is 187 Å². The largest absolute Gasteiger partial charge is 0.472 e. The predicted molar refractivity (Wildman–Crippen MR) is 213 cm³/mol. The lowest BCUT2D eigenvalue weighted by atomic mass is 10.0. The van der Waals surface area contributed by atoms with Crippen LogP contribution in [0.5, 0.6) is 0 Å². The second kappa shape index (κ2) is 39.6. The third kappa shape index (κ3) is 37.2. The molecule has 3 atom stereocenters. The van der Waals surface area contributed by atoms with Crippen LogP contribution in [0, 0.1) is 0 Å². The fourth-order valence-electron chi connectivity index (χ4n) is 5.91. The van der Waals surface area contributed by atoms with Crippen molar-refractivity contribution in [1.29, 1.82) is 0 Å². The van der Waals surface area contributed by atoms with Gasteiger partial charge in [-0.3, -0.25) is 19.1 Å². The van der Waals surface area contributed by atoms with E-state index < -0.39 is 13.9 Å². The Morgan fingerprint density at radius 2 is 1.21 bits per heavy atom. The van der Waals surface area contributed by atoms with E-state index in [4.69, 9.17) is 29.5 Å². The molecule has 0 amide bonds. The van der Waals surface area contributed by atoms with Crippen LogP contribution in [0.25, 0.3) is 0 Å². The molecule has 0 spiro atoms. The van der Waals surface area contributed by atoms with Gasteiger partial charge in [-0.2, -0.15) is 0 Å². The molecule has 0 aromatic rings. The molecule has 52 heavy (non-hydrogen) atoms. The van der Waals surface area contributed by atoms with Gasteiger partial charge in [0.2, 0.25) is 0 Å². The van der Waals surface area contributed by atoms with Gasteiger partial charge in [0.25, 0.3) is 0 Å². The van der Waals surface area contributed by atoms with Crippen molar-refractivity contribution in [2.24, 2.45) is 5.73 Å². The summed E-state index contributed by atoms with van der Waals surface area (Å²) in [6.07, 6.45) is 37.9. The minimum Gasteiger partial charge on any atom is -0.457 e. The summed E-state index contributed by atoms with van der Waals surface area (Å²) in [6, 6.07) is 0. The number of ether oxygens (including phenoxy) is 2. The summed E-state index contributed by atoms with van der Waals surface area (Å²) in [5.41, 5.74) is 5.36. The fourth-order valence-corrected chi connectivity index (χ4v) is 6.68. The predicted octanol–water partition coefficient (Wildman–Crippen LogP) is 11.6. The lowest BCUT2D eigenvalue weighted by molar-refractivity contribution is -0.267. The Morgan fingerprint density at radius 1 is 0.673 bits per heavy atom. The Hall–Kier alpha value is -1.10. The zero-order chi connectivity index (χ0) is 38.2. The summed E-state index contributed by atoms with van der Waals surface area (Å²) in [6.45, 7) is 4.73. The number of esters is 1. The van der Waals surface area contributed by atoms with Crippen molar-refractivity contribution in [3.05, 3.63) is 24.3 Å². The number of rotatable bonds is 41. The number of hydrogen-bond acceptors (Lipinski definition) is 9. The van der Waals surface area contributed by atoms with E-state index in [0.717, 1.165) is 70.6 Å². The molecule has 0 aromatic heterocycles. The third-order valence-corrected chi connectivity index (χ3v) is 10.1. The number of phosphoric acid groups is 1. The lowest BCUT2D eigenvalue weighted by Crippen LogP contribution is -2.28. The highest BCUT2D eigenvalue weighted by Crippen LogP contribution is 2.43. The average Bonchev–Trinajstić information content (AvgIpc) is 3.13. The number of nitrogens with two attached hydrogens (primary N) is 1. The zero-order valence-corrected chi connectivity index (χ0v) is 34.3. The van der Waals surface area contributed by atoms with Crippen LogP contribution in [0.2, 0.25) is 0 Å². The molecule has 0 aliphatic rings. The van der Waals surface area contributed by atoms with E-state index in [-0.39, 0.29) is 44.9 Å². The van der Waals surface area contributed by atoms with E-state index >= 15 is 0 Å². The molecule has 308 valence electrons. The molecule has 10 nitrogen and oxygen atoms in total. The van der Waals surface area contributed by atoms with Crippen LogP contribution in [0.4, 0.5) is 0 Å². The van der Waals surface area contributed by atoms with Crippen molar-refractivity contribution in [3.63, 3.8) is 0 Å². The number of carbonyl (C=O) groups excluding carboxylic acids is 1. The standard InChI is InChI=1S/C41H80NO9P/c1-3-5-7-8-9-10-11-12-13-14-15-16-20-23-26-30-35-47-37-40(38-49-52(45,46)48-36-34-42)50-41(43)33-29-25-22-19-17-18-21-24-28-32-39(51-44)31-27-6-4-2/h21,24,28,32,39-40,44H,3-20,22-23,25-27,29-31,33-38,42H2,1-2H3,(H,45,46)/b24-21-,32-28+. The highest BCUT2D eigenvalue weighted by molar-refractivity contribution is 7.47. The molecule has 0 aliphatic heterocycles. The second-order valence-electron chi connectivity index (χ2n) is 14.1. The first-order chi connectivity index (χ1) is 25.4. The van der Waals surface area contributed by atoms with E-state index in [2.05, 4.69) is 24.8 Å². The SMILES string of the molecule is CCCCCCCCCCCCCCCCCCOCC(COP(=O)(O)OCCN)OC(=O)CCCCCCC/C=C\C=C\C(CCCCC)OO. The van der Waals surface area contributed by atoms with Crippen LogP contribution in [-0.2, 0) is 32.8 Å². The minimum atomic E-state index is -4.29. The van der Waals surface area contributed by atoms with E-state index in [1.165, 1.54) is 89.9 Å². The lowest BCUT2D eigenvalue weighted by Gasteiger charge is -2.20. The van der Waals surface area contributed by atoms with E-state index in [0.29, 0.717) is 13.0 Å². The molecule has 11 heteroatoms. The maximum absolute atomic E-state index is 12.6. The molecule has 0 aromatic carbocycles. The highest BCUT2D eigenvalue weighted by atomic mass is 31.2. The van der Waals surface area contributed by atoms with E-state index in [1.54, 1.807) is 0 Å². The second-order valence-corrected chi connectivity index (χ2v) is 15.6. The van der Waals surface area contributed by atoms with Crippen LogP contribution >= 0.6 is 7.82 Å². The van der Waals surface area contributed by atoms with Gasteiger partial charge in [-0.25, -0.2) is 9.45 Å². The number of allylic oxidation sites excluding steroid dienone is 3. The van der Waals surface area contributed by atoms with Crippen LogP contribution < -0.4 is 5.73 Å². The molecule has 4 N–H and O–H groups in total. The van der Waals surface area contributed by atoms with Crippen molar-refractivity contribution in [2.45, 2.75) is 199 Å². The van der Waals surface area contributed by atoms with Gasteiger partial charge in [-0.05, 0) is 32.1 Å². The van der Waals surface area contributed by atoms with Crippen LogP contribution in [0.3, 0.4) is 0 Å². The number of unbranched alkanes of at least 4 members (excludes halogenated alkanes) is 22. The summed E-state index contributed by atoms with van der Waals surface area (Å²) in [5.74, 6) is -0.371. The fraction of sp³-hybridized carbons (Fsp3) is 0.878. The molecule has 0 heterocycles. The third-order valence-electron chi connectivity index (χ3n) is 9.09. The van der Waals surface area contributed by atoms with Crippen LogP contribution in [-0.4, -0.2) is 61.3 Å². The maximum atomic E-state index is 12.6. The van der Waals surface area contributed by atoms with Crippen molar-refractivity contribution in [3.8, 4) is 0 Å². The monoisotopic (exact) mass is 762 g/mol. The first kappa shape index (κ1) is 50.9. The summed E-state index contributed by atoms with van der Waals surface area (Å²) >= 11 is 0. The van der Waals surface area contributed by atoms with Crippen molar-refractivity contribution >= 4 is 13.8 Å². The van der Waals surface area contributed by atoms with Gasteiger partial charge in [0, 0.05) is 19.6 Å². The molecule has 3 unspecified atom stereocenters. The Morgan fingerprint density at radius 3 is 1.79 bits per heavy atom. The molecule has 0 bridgehead atoms. The van der Waals surface area contributed by atoms with Gasteiger partial charge in [-0.1, -0.05) is 173 Å². The number of phosphoric ester groups is 1. The Labute approximate surface area is 318 Å². The summed E-state index contributed by atoms with van der Waals surface area (Å²) < 4.78 is 33.4. The molecule has 0 saturated carbocycles. The highest BCUT2D eigenvalue weighted by Gasteiger charge is 2.25. The van der Waals surface area contributed by atoms with Gasteiger partial charge in [0.05, 0.1) is 19.8 Å². The smallest absolute Gasteiger partial charge is 0.457 e. The Balaban J connectivity index is 4.13. The van der Waals surface area contributed by atoms with Crippen molar-refractivity contribution < 1.29 is 42.9 Å². The number of hydrogen-bond donors (Lipinski definition) is 3. The average molecular weight is 762 g/mol. The zero-order valence-electron chi connectivity index (χ0n) is 33.4. The van der Waals surface area contributed by atoms with E-state index in [9.17, 15) is 14.3 Å². The Kier molecular flexibility index (Phi) is 38.8. The number of carbonyl (C=O) groups is 1. The van der Waals surface area contributed by atoms with Crippen molar-refractivity contribution in [1.82, 2.24) is 0 Å². The normalized spacial score (nSPS) is 14.3. The van der Waals surface area contributed by atoms with Gasteiger partial charge in [-0.15, -0.1) is 0 Å². The van der Waals surface area contributed by atoms with E-state index in [1.807, 2.05) is 18.2 Å². The van der Waals surface area contributed by atoms with Crippen molar-refractivity contribution in [2.75, 3.05) is 33.0 Å². The van der Waals surface area contributed by atoms with Gasteiger partial charge in [0.1, 0.15) is 12.2 Å². The summed E-state index contributed by atoms with van der Waals surface area (Å²) in [7, 11) is -4.29. The summed E-state index contributed by atoms with van der Waals surface area (Å²) in [5, 5.41) is 9.01. The molecule has 0 aliphatic carbocycles. The first-order valence-corrected chi connectivity index (χ1v) is 22.6. The van der Waals surface area contributed by atoms with Gasteiger partial charge in [0.15, 0.2) is 0 Å². The Bertz CT molecular complexity index is 873. The molecule has 0 fully saturated rings. The quantitative estimate of drug-likeness (QED) is 0.0137. The minimum absolute atomic E-state index is 0.0870.